The molecule has 0 spiro atoms. The molecule has 3 heteroatoms. The van der Waals surface area contributed by atoms with Gasteiger partial charge in [-0.05, 0) is 63.6 Å². The van der Waals surface area contributed by atoms with Gasteiger partial charge in [-0.2, -0.15) is 0 Å². The summed E-state index contributed by atoms with van der Waals surface area (Å²) in [6.07, 6.45) is 3.62. The SMILES string of the molecule is C=C1C(C(=O)Nc2cc(CCc3ccccc3)c(C(C)(C)C)cc2C(C)(C)C)=CNc2ccccc21. The number of carbonyl (C=O) groups excluding carboxylic acids is 1. The van der Waals surface area contributed by atoms with Crippen molar-refractivity contribution in [1.82, 2.24) is 0 Å². The normalized spacial score (nSPS) is 13.5. The number of aryl methyl sites for hydroxylation is 2. The molecule has 0 aromatic heterocycles. The maximum atomic E-state index is 13.6. The highest BCUT2D eigenvalue weighted by Crippen LogP contribution is 2.38. The maximum absolute atomic E-state index is 13.6. The fourth-order valence-electron chi connectivity index (χ4n) is 4.84. The van der Waals surface area contributed by atoms with E-state index in [0.29, 0.717) is 5.57 Å². The van der Waals surface area contributed by atoms with E-state index in [1.807, 2.05) is 24.3 Å². The van der Waals surface area contributed by atoms with E-state index in [-0.39, 0.29) is 16.7 Å². The van der Waals surface area contributed by atoms with Crippen molar-refractivity contribution in [3.05, 3.63) is 113 Å². The summed E-state index contributed by atoms with van der Waals surface area (Å²) in [4.78, 5) is 13.6. The van der Waals surface area contributed by atoms with Gasteiger partial charge in [0, 0.05) is 23.1 Å². The average Bonchev–Trinajstić information content (AvgIpc) is 2.82. The van der Waals surface area contributed by atoms with Crippen molar-refractivity contribution in [1.29, 1.82) is 0 Å². The molecular formula is C33H38N2O. The van der Waals surface area contributed by atoms with Crippen molar-refractivity contribution < 1.29 is 4.79 Å². The molecule has 36 heavy (non-hydrogen) atoms. The summed E-state index contributed by atoms with van der Waals surface area (Å²) in [6.45, 7) is 17.6. The molecule has 3 aromatic rings. The van der Waals surface area contributed by atoms with Crippen LogP contribution < -0.4 is 10.6 Å². The molecule has 1 amide bonds. The Bertz CT molecular complexity index is 1320. The Labute approximate surface area is 216 Å². The molecule has 0 aliphatic carbocycles. The van der Waals surface area contributed by atoms with Crippen LogP contribution in [0.5, 0.6) is 0 Å². The van der Waals surface area contributed by atoms with E-state index < -0.39 is 0 Å². The Morgan fingerprint density at radius 1 is 0.833 bits per heavy atom. The van der Waals surface area contributed by atoms with Crippen LogP contribution in [0.3, 0.4) is 0 Å². The lowest BCUT2D eigenvalue weighted by Crippen LogP contribution is -2.24. The highest BCUT2D eigenvalue weighted by molar-refractivity contribution is 6.17. The van der Waals surface area contributed by atoms with Gasteiger partial charge in [-0.1, -0.05) is 103 Å². The molecule has 1 aliphatic heterocycles. The van der Waals surface area contributed by atoms with Crippen LogP contribution in [-0.2, 0) is 28.5 Å². The quantitative estimate of drug-likeness (QED) is 0.390. The lowest BCUT2D eigenvalue weighted by molar-refractivity contribution is -0.112. The van der Waals surface area contributed by atoms with Crippen LogP contribution in [0, 0.1) is 0 Å². The van der Waals surface area contributed by atoms with Gasteiger partial charge in [0.2, 0.25) is 0 Å². The minimum atomic E-state index is -0.148. The molecule has 0 saturated carbocycles. The van der Waals surface area contributed by atoms with Crippen LogP contribution in [0.15, 0.2) is 85.1 Å². The van der Waals surface area contributed by atoms with E-state index in [4.69, 9.17) is 0 Å². The van der Waals surface area contributed by atoms with Crippen molar-refractivity contribution in [3.8, 4) is 0 Å². The molecule has 1 aliphatic rings. The lowest BCUT2D eigenvalue weighted by Gasteiger charge is -2.30. The fraction of sp³-hybridized carbons (Fsp3) is 0.303. The zero-order chi connectivity index (χ0) is 26.1. The molecule has 3 aromatic carbocycles. The van der Waals surface area contributed by atoms with E-state index >= 15 is 0 Å². The summed E-state index contributed by atoms with van der Waals surface area (Å²) >= 11 is 0. The highest BCUT2D eigenvalue weighted by Gasteiger charge is 2.27. The van der Waals surface area contributed by atoms with Gasteiger partial charge in [0.1, 0.15) is 0 Å². The van der Waals surface area contributed by atoms with Gasteiger partial charge in [0.15, 0.2) is 0 Å². The van der Waals surface area contributed by atoms with E-state index in [9.17, 15) is 4.79 Å². The molecule has 3 nitrogen and oxygen atoms in total. The third kappa shape index (κ3) is 5.46. The Hall–Kier alpha value is -3.59. The minimum Gasteiger partial charge on any atom is -0.360 e. The summed E-state index contributed by atoms with van der Waals surface area (Å²) in [5.74, 6) is -0.148. The van der Waals surface area contributed by atoms with Crippen molar-refractivity contribution in [2.24, 2.45) is 0 Å². The molecule has 0 bridgehead atoms. The number of anilines is 2. The van der Waals surface area contributed by atoms with Crippen molar-refractivity contribution in [2.45, 2.75) is 65.2 Å². The predicted octanol–water partition coefficient (Wildman–Crippen LogP) is 8.03. The minimum absolute atomic E-state index is 0.0115. The highest BCUT2D eigenvalue weighted by atomic mass is 16.1. The van der Waals surface area contributed by atoms with Gasteiger partial charge in [-0.25, -0.2) is 0 Å². The summed E-state index contributed by atoms with van der Waals surface area (Å²) in [5, 5.41) is 6.51. The van der Waals surface area contributed by atoms with Crippen molar-refractivity contribution >= 4 is 22.9 Å². The number of carbonyl (C=O) groups is 1. The van der Waals surface area contributed by atoms with Crippen LogP contribution >= 0.6 is 0 Å². The second kappa shape index (κ2) is 9.81. The molecule has 1 heterocycles. The zero-order valence-corrected chi connectivity index (χ0v) is 22.5. The third-order valence-corrected chi connectivity index (χ3v) is 6.83. The molecule has 186 valence electrons. The van der Waals surface area contributed by atoms with E-state index in [1.54, 1.807) is 6.20 Å². The first-order chi connectivity index (χ1) is 16.9. The number of benzene rings is 3. The van der Waals surface area contributed by atoms with Crippen LogP contribution in [0.2, 0.25) is 0 Å². The standard InChI is InChI=1S/C33H38N2O/c1-22-25-15-11-12-16-29(25)34-21-26(22)31(36)35-30-19-24(18-17-23-13-9-8-10-14-23)27(32(2,3)4)20-28(30)33(5,6)7/h8-16,19-21,34H,1,17-18H2,2-7H3,(H,35,36). The number of rotatable bonds is 5. The number of hydrogen-bond donors (Lipinski definition) is 2. The second-order valence-corrected chi connectivity index (χ2v) is 11.7. The number of fused-ring (bicyclic) bond motifs is 1. The molecule has 0 radical (unpaired) electrons. The molecular weight excluding hydrogens is 440 g/mol. The largest absolute Gasteiger partial charge is 0.360 e. The first-order valence-corrected chi connectivity index (χ1v) is 12.7. The van der Waals surface area contributed by atoms with Gasteiger partial charge in [0.05, 0.1) is 5.57 Å². The lowest BCUT2D eigenvalue weighted by atomic mass is 9.76. The first kappa shape index (κ1) is 25.5. The van der Waals surface area contributed by atoms with Crippen LogP contribution in [0.25, 0.3) is 5.57 Å². The smallest absolute Gasteiger partial charge is 0.257 e. The Morgan fingerprint density at radius 3 is 2.14 bits per heavy atom. The van der Waals surface area contributed by atoms with Gasteiger partial charge in [0.25, 0.3) is 5.91 Å². The van der Waals surface area contributed by atoms with E-state index in [2.05, 4.69) is 101 Å². The fourth-order valence-corrected chi connectivity index (χ4v) is 4.84. The molecule has 0 unspecified atom stereocenters. The topological polar surface area (TPSA) is 41.1 Å². The molecule has 0 saturated heterocycles. The van der Waals surface area contributed by atoms with Gasteiger partial charge >= 0.3 is 0 Å². The van der Waals surface area contributed by atoms with Crippen LogP contribution in [0.4, 0.5) is 11.4 Å². The molecule has 2 N–H and O–H groups in total. The number of hydrogen-bond acceptors (Lipinski definition) is 2. The third-order valence-electron chi connectivity index (χ3n) is 6.83. The van der Waals surface area contributed by atoms with Gasteiger partial charge < -0.3 is 10.6 Å². The van der Waals surface area contributed by atoms with Crippen molar-refractivity contribution in [2.75, 3.05) is 10.6 Å². The van der Waals surface area contributed by atoms with Crippen LogP contribution in [0.1, 0.15) is 69.4 Å². The summed E-state index contributed by atoms with van der Waals surface area (Å²) in [7, 11) is 0. The summed E-state index contributed by atoms with van der Waals surface area (Å²) in [5.41, 5.74) is 8.99. The Balaban J connectivity index is 1.71. The van der Waals surface area contributed by atoms with E-state index in [0.717, 1.165) is 40.9 Å². The second-order valence-electron chi connectivity index (χ2n) is 11.7. The monoisotopic (exact) mass is 478 g/mol. The first-order valence-electron chi connectivity index (χ1n) is 12.7. The van der Waals surface area contributed by atoms with Crippen LogP contribution in [-0.4, -0.2) is 5.91 Å². The van der Waals surface area contributed by atoms with E-state index in [1.165, 1.54) is 16.7 Å². The summed E-state index contributed by atoms with van der Waals surface area (Å²) < 4.78 is 0. The molecule has 4 rings (SSSR count). The average molecular weight is 479 g/mol. The Kier molecular flexibility index (Phi) is 6.95. The maximum Gasteiger partial charge on any atom is 0.257 e. The molecule has 0 fully saturated rings. The zero-order valence-electron chi connectivity index (χ0n) is 22.5. The Morgan fingerprint density at radius 2 is 1.47 bits per heavy atom. The predicted molar refractivity (Wildman–Crippen MR) is 154 cm³/mol. The van der Waals surface area contributed by atoms with Gasteiger partial charge in [-0.15, -0.1) is 0 Å². The van der Waals surface area contributed by atoms with Gasteiger partial charge in [-0.3, -0.25) is 4.79 Å². The van der Waals surface area contributed by atoms with Crippen molar-refractivity contribution in [3.63, 3.8) is 0 Å². The number of para-hydroxylation sites is 1. The molecule has 0 atom stereocenters. The number of amides is 1. The summed E-state index contributed by atoms with van der Waals surface area (Å²) in [6, 6.07) is 23.0. The number of nitrogens with one attached hydrogen (secondary N) is 2.